The number of hydrogen-bond acceptors (Lipinski definition) is 4. The summed E-state index contributed by atoms with van der Waals surface area (Å²) in [5, 5.41) is 8.29. The molecule has 0 aromatic carbocycles. The van der Waals surface area contributed by atoms with Gasteiger partial charge in [-0.1, -0.05) is 0 Å². The van der Waals surface area contributed by atoms with Crippen molar-refractivity contribution in [3.63, 3.8) is 0 Å². The molecule has 0 heterocycles. The van der Waals surface area contributed by atoms with E-state index >= 15 is 0 Å². The van der Waals surface area contributed by atoms with Crippen molar-refractivity contribution in [1.82, 2.24) is 0 Å². The summed E-state index contributed by atoms with van der Waals surface area (Å²) in [4.78, 5) is 10.1. The molecule has 0 fully saturated rings. The second-order valence-electron chi connectivity index (χ2n) is 2.03. The highest BCUT2D eigenvalue weighted by Gasteiger charge is 2.19. The maximum atomic E-state index is 11.5. The van der Waals surface area contributed by atoms with E-state index in [1.807, 2.05) is 0 Å². The SMILES string of the molecule is CCOP(=O)(C=CC(=O)O)OCC. The molecule has 5 nitrogen and oxygen atoms in total. The maximum Gasteiger partial charge on any atom is 0.354 e. The summed E-state index contributed by atoms with van der Waals surface area (Å²) in [5.41, 5.74) is 0. The molecule has 0 aromatic heterocycles. The van der Waals surface area contributed by atoms with Crippen molar-refractivity contribution in [2.75, 3.05) is 13.2 Å². The van der Waals surface area contributed by atoms with E-state index in [9.17, 15) is 9.36 Å². The summed E-state index contributed by atoms with van der Waals surface area (Å²) in [6, 6.07) is 0. The Balaban J connectivity index is 4.40. The zero-order chi connectivity index (χ0) is 10.3. The van der Waals surface area contributed by atoms with Crippen molar-refractivity contribution in [2.24, 2.45) is 0 Å². The smallest absolute Gasteiger partial charge is 0.354 e. The molecular formula is C7H13O5P. The summed E-state index contributed by atoms with van der Waals surface area (Å²) in [5.74, 6) is -0.234. The first-order valence-corrected chi connectivity index (χ1v) is 5.46. The lowest BCUT2D eigenvalue weighted by Gasteiger charge is -2.11. The van der Waals surface area contributed by atoms with Gasteiger partial charge in [-0.2, -0.15) is 0 Å². The van der Waals surface area contributed by atoms with Crippen LogP contribution in [0.2, 0.25) is 0 Å². The fourth-order valence-electron chi connectivity index (χ4n) is 0.638. The van der Waals surface area contributed by atoms with Gasteiger partial charge in [0.15, 0.2) is 0 Å². The van der Waals surface area contributed by atoms with Crippen molar-refractivity contribution in [2.45, 2.75) is 13.8 Å². The van der Waals surface area contributed by atoms with Crippen LogP contribution in [0.1, 0.15) is 13.8 Å². The van der Waals surface area contributed by atoms with Gasteiger partial charge in [0.2, 0.25) is 0 Å². The Morgan fingerprint density at radius 3 is 2.15 bits per heavy atom. The first-order valence-electron chi connectivity index (χ1n) is 3.85. The van der Waals surface area contributed by atoms with Crippen molar-refractivity contribution >= 4 is 13.6 Å². The summed E-state index contributed by atoms with van der Waals surface area (Å²) < 4.78 is 21.1. The third-order valence-corrected chi connectivity index (χ3v) is 2.77. The van der Waals surface area contributed by atoms with Gasteiger partial charge < -0.3 is 14.2 Å². The van der Waals surface area contributed by atoms with Crippen LogP contribution in [0.3, 0.4) is 0 Å². The van der Waals surface area contributed by atoms with Gasteiger partial charge in [0.1, 0.15) is 0 Å². The lowest BCUT2D eigenvalue weighted by Crippen LogP contribution is -1.94. The maximum absolute atomic E-state index is 11.5. The van der Waals surface area contributed by atoms with E-state index in [0.29, 0.717) is 0 Å². The average molecular weight is 208 g/mol. The van der Waals surface area contributed by atoms with Gasteiger partial charge in [0.25, 0.3) is 0 Å². The van der Waals surface area contributed by atoms with Gasteiger partial charge in [-0.25, -0.2) is 4.79 Å². The van der Waals surface area contributed by atoms with E-state index in [1.54, 1.807) is 13.8 Å². The van der Waals surface area contributed by atoms with Crippen LogP contribution < -0.4 is 0 Å². The summed E-state index contributed by atoms with van der Waals surface area (Å²) >= 11 is 0. The van der Waals surface area contributed by atoms with Gasteiger partial charge in [0.05, 0.1) is 13.2 Å². The standard InChI is InChI=1S/C7H13O5P/c1-3-11-13(10,12-4-2)6-5-7(8)9/h5-6H,3-4H2,1-2H3,(H,8,9). The van der Waals surface area contributed by atoms with Gasteiger partial charge in [-0.05, 0) is 13.8 Å². The van der Waals surface area contributed by atoms with Crippen molar-refractivity contribution in [1.29, 1.82) is 0 Å². The minimum Gasteiger partial charge on any atom is -0.478 e. The Morgan fingerprint density at radius 2 is 1.85 bits per heavy atom. The van der Waals surface area contributed by atoms with Crippen LogP contribution in [0.5, 0.6) is 0 Å². The van der Waals surface area contributed by atoms with E-state index in [-0.39, 0.29) is 13.2 Å². The Kier molecular flexibility index (Phi) is 5.62. The Hall–Kier alpha value is -0.640. The van der Waals surface area contributed by atoms with E-state index < -0.39 is 13.6 Å². The number of hydrogen-bond donors (Lipinski definition) is 1. The largest absolute Gasteiger partial charge is 0.478 e. The van der Waals surface area contributed by atoms with Gasteiger partial charge in [-0.3, -0.25) is 4.57 Å². The normalized spacial score (nSPS) is 12.2. The highest BCUT2D eigenvalue weighted by Crippen LogP contribution is 2.49. The lowest BCUT2D eigenvalue weighted by molar-refractivity contribution is -0.131. The minimum absolute atomic E-state index is 0.210. The second kappa shape index (κ2) is 5.91. The Labute approximate surface area is 76.9 Å². The number of aliphatic carboxylic acids is 1. The van der Waals surface area contributed by atoms with Crippen LogP contribution in [0.25, 0.3) is 0 Å². The molecule has 0 aliphatic carbocycles. The minimum atomic E-state index is -3.33. The van der Waals surface area contributed by atoms with Crippen molar-refractivity contribution < 1.29 is 23.5 Å². The Bertz CT molecular complexity index is 225. The topological polar surface area (TPSA) is 72.8 Å². The Morgan fingerprint density at radius 1 is 1.38 bits per heavy atom. The van der Waals surface area contributed by atoms with Crippen LogP contribution in [0.15, 0.2) is 11.9 Å². The molecule has 0 atom stereocenters. The lowest BCUT2D eigenvalue weighted by atomic mass is 10.7. The third kappa shape index (κ3) is 5.58. The van der Waals surface area contributed by atoms with Crippen molar-refractivity contribution in [3.05, 3.63) is 11.9 Å². The molecule has 13 heavy (non-hydrogen) atoms. The zero-order valence-electron chi connectivity index (χ0n) is 7.60. The predicted octanol–water partition coefficient (Wildman–Crippen LogP) is 1.85. The molecule has 0 bridgehead atoms. The number of carboxylic acids is 1. The fraction of sp³-hybridized carbons (Fsp3) is 0.571. The highest BCUT2D eigenvalue weighted by molar-refractivity contribution is 7.57. The highest BCUT2D eigenvalue weighted by atomic mass is 31.2. The molecule has 0 saturated carbocycles. The first-order chi connectivity index (χ1) is 6.04. The predicted molar refractivity (Wildman–Crippen MR) is 47.6 cm³/mol. The summed E-state index contributed by atoms with van der Waals surface area (Å²) in [6.45, 7) is 3.73. The molecule has 0 unspecified atom stereocenters. The van der Waals surface area contributed by atoms with Gasteiger partial charge >= 0.3 is 13.6 Å². The molecule has 0 aliphatic rings. The van der Waals surface area contributed by atoms with Crippen molar-refractivity contribution in [3.8, 4) is 0 Å². The molecule has 0 amide bonds. The van der Waals surface area contributed by atoms with Gasteiger partial charge in [0, 0.05) is 11.9 Å². The third-order valence-electron chi connectivity index (χ3n) is 1.02. The number of carbonyl (C=O) groups is 1. The number of rotatable bonds is 6. The molecule has 6 heteroatoms. The van der Waals surface area contributed by atoms with Gasteiger partial charge in [-0.15, -0.1) is 0 Å². The molecule has 0 aromatic rings. The molecule has 0 aliphatic heterocycles. The number of carboxylic acid groups (broad SMARTS) is 1. The molecule has 76 valence electrons. The summed E-state index contributed by atoms with van der Waals surface area (Å²) in [6.07, 6.45) is 0.756. The van der Waals surface area contributed by atoms with Crippen LogP contribution in [-0.2, 0) is 18.4 Å². The molecule has 0 spiro atoms. The van der Waals surface area contributed by atoms with Crippen LogP contribution in [0.4, 0.5) is 0 Å². The molecular weight excluding hydrogens is 195 g/mol. The average Bonchev–Trinajstić information content (AvgIpc) is 2.02. The van der Waals surface area contributed by atoms with Crippen LogP contribution >= 0.6 is 7.60 Å². The van der Waals surface area contributed by atoms with E-state index in [2.05, 4.69) is 0 Å². The quantitative estimate of drug-likeness (QED) is 0.532. The molecule has 0 rings (SSSR count). The second-order valence-corrected chi connectivity index (χ2v) is 3.92. The van der Waals surface area contributed by atoms with Crippen LogP contribution in [0, 0.1) is 0 Å². The first kappa shape index (κ1) is 12.4. The molecule has 0 radical (unpaired) electrons. The molecule has 1 N–H and O–H groups in total. The van der Waals surface area contributed by atoms with E-state index in [0.717, 1.165) is 11.9 Å². The zero-order valence-corrected chi connectivity index (χ0v) is 8.49. The van der Waals surface area contributed by atoms with Crippen LogP contribution in [-0.4, -0.2) is 24.3 Å². The summed E-state index contributed by atoms with van der Waals surface area (Å²) in [7, 11) is -3.33. The van der Waals surface area contributed by atoms with E-state index in [1.165, 1.54) is 0 Å². The van der Waals surface area contributed by atoms with E-state index in [4.69, 9.17) is 14.2 Å². The monoisotopic (exact) mass is 208 g/mol. The molecule has 0 saturated heterocycles. The fourth-order valence-corrected chi connectivity index (χ4v) is 1.91.